The largest absolute Gasteiger partial charge is 0.375 e. The van der Waals surface area contributed by atoms with E-state index in [1.165, 1.54) is 31.7 Å². The summed E-state index contributed by atoms with van der Waals surface area (Å²) in [6.45, 7) is 6.92. The highest BCUT2D eigenvalue weighted by Crippen LogP contribution is 2.16. The quantitative estimate of drug-likeness (QED) is 0.881. The van der Waals surface area contributed by atoms with Crippen LogP contribution in [0, 0.1) is 0 Å². The average molecular weight is 268 g/mol. The van der Waals surface area contributed by atoms with Gasteiger partial charge in [-0.2, -0.15) is 0 Å². The fraction of sp³-hybridized carbons (Fsp3) is 0.571. The number of piperazine rings is 1. The predicted molar refractivity (Wildman–Crippen MR) is 78.6 cm³/mol. The molecule has 1 saturated heterocycles. The lowest BCUT2D eigenvalue weighted by molar-refractivity contribution is 0.239. The van der Waals surface area contributed by atoms with E-state index >= 15 is 0 Å². The standard InChI is InChI=1S/C14H22ClN3/c1-17(14-5-3-13(15)4-6-14)9-2-10-18-11-7-16-8-12-18/h3-6,16H,2,7-12H2,1H3. The highest BCUT2D eigenvalue weighted by Gasteiger charge is 2.09. The second kappa shape index (κ2) is 6.98. The third-order valence-corrected chi connectivity index (χ3v) is 3.70. The van der Waals surface area contributed by atoms with Crippen molar-refractivity contribution in [3.63, 3.8) is 0 Å². The minimum Gasteiger partial charge on any atom is -0.375 e. The Morgan fingerprint density at radius 3 is 2.56 bits per heavy atom. The molecular formula is C14H22ClN3. The van der Waals surface area contributed by atoms with E-state index in [2.05, 4.69) is 34.3 Å². The number of hydrogen-bond donors (Lipinski definition) is 1. The Bertz CT molecular complexity index is 347. The summed E-state index contributed by atoms with van der Waals surface area (Å²) >= 11 is 5.89. The van der Waals surface area contributed by atoms with Crippen LogP contribution in [0.15, 0.2) is 24.3 Å². The van der Waals surface area contributed by atoms with Crippen LogP contribution in [0.3, 0.4) is 0 Å². The van der Waals surface area contributed by atoms with Crippen LogP contribution in [-0.2, 0) is 0 Å². The maximum absolute atomic E-state index is 5.89. The molecule has 0 atom stereocenters. The van der Waals surface area contributed by atoms with Gasteiger partial charge in [-0.25, -0.2) is 0 Å². The summed E-state index contributed by atoms with van der Waals surface area (Å²) in [6.07, 6.45) is 1.21. The Balaban J connectivity index is 1.70. The van der Waals surface area contributed by atoms with Crippen molar-refractivity contribution in [2.24, 2.45) is 0 Å². The van der Waals surface area contributed by atoms with Crippen molar-refractivity contribution in [3.8, 4) is 0 Å². The van der Waals surface area contributed by atoms with Gasteiger partial charge in [-0.1, -0.05) is 11.6 Å². The highest BCUT2D eigenvalue weighted by atomic mass is 35.5. The summed E-state index contributed by atoms with van der Waals surface area (Å²) in [5.74, 6) is 0. The molecule has 0 spiro atoms. The third-order valence-electron chi connectivity index (χ3n) is 3.44. The van der Waals surface area contributed by atoms with Crippen molar-refractivity contribution < 1.29 is 0 Å². The number of benzene rings is 1. The normalized spacial score (nSPS) is 16.8. The second-order valence-corrected chi connectivity index (χ2v) is 5.28. The van der Waals surface area contributed by atoms with Gasteiger partial charge >= 0.3 is 0 Å². The summed E-state index contributed by atoms with van der Waals surface area (Å²) in [4.78, 5) is 4.82. The summed E-state index contributed by atoms with van der Waals surface area (Å²) in [5.41, 5.74) is 1.24. The monoisotopic (exact) mass is 267 g/mol. The zero-order valence-electron chi connectivity index (χ0n) is 11.0. The summed E-state index contributed by atoms with van der Waals surface area (Å²) < 4.78 is 0. The Hall–Kier alpha value is -0.770. The lowest BCUT2D eigenvalue weighted by Gasteiger charge is -2.28. The average Bonchev–Trinajstić information content (AvgIpc) is 2.40. The molecular weight excluding hydrogens is 246 g/mol. The molecule has 1 aromatic carbocycles. The first-order chi connectivity index (χ1) is 8.75. The van der Waals surface area contributed by atoms with Crippen LogP contribution in [0.25, 0.3) is 0 Å². The van der Waals surface area contributed by atoms with Crippen molar-refractivity contribution >= 4 is 17.3 Å². The van der Waals surface area contributed by atoms with Gasteiger partial charge < -0.3 is 15.1 Å². The fourth-order valence-electron chi connectivity index (χ4n) is 2.29. The number of hydrogen-bond acceptors (Lipinski definition) is 3. The molecule has 3 nitrogen and oxygen atoms in total. The lowest BCUT2D eigenvalue weighted by Crippen LogP contribution is -2.44. The van der Waals surface area contributed by atoms with Gasteiger partial charge in [0, 0.05) is 50.5 Å². The maximum atomic E-state index is 5.89. The molecule has 0 amide bonds. The molecule has 0 aromatic heterocycles. The highest BCUT2D eigenvalue weighted by molar-refractivity contribution is 6.30. The van der Waals surface area contributed by atoms with Gasteiger partial charge in [0.15, 0.2) is 0 Å². The molecule has 0 aliphatic carbocycles. The van der Waals surface area contributed by atoms with Gasteiger partial charge in [0.25, 0.3) is 0 Å². The number of rotatable bonds is 5. The van der Waals surface area contributed by atoms with Crippen LogP contribution in [0.1, 0.15) is 6.42 Å². The molecule has 2 rings (SSSR count). The molecule has 100 valence electrons. The van der Waals surface area contributed by atoms with E-state index in [1.54, 1.807) is 0 Å². The molecule has 1 aliphatic heterocycles. The molecule has 1 N–H and O–H groups in total. The van der Waals surface area contributed by atoms with E-state index < -0.39 is 0 Å². The first-order valence-electron chi connectivity index (χ1n) is 6.65. The maximum Gasteiger partial charge on any atom is 0.0407 e. The molecule has 18 heavy (non-hydrogen) atoms. The molecule has 1 heterocycles. The molecule has 1 fully saturated rings. The van der Waals surface area contributed by atoms with Crippen LogP contribution >= 0.6 is 11.6 Å². The number of nitrogens with zero attached hydrogens (tertiary/aromatic N) is 2. The van der Waals surface area contributed by atoms with Crippen LogP contribution in [-0.4, -0.2) is 51.2 Å². The third kappa shape index (κ3) is 4.16. The Morgan fingerprint density at radius 1 is 1.22 bits per heavy atom. The molecule has 1 aromatic rings. The van der Waals surface area contributed by atoms with Crippen molar-refractivity contribution in [2.75, 3.05) is 51.2 Å². The number of nitrogens with one attached hydrogen (secondary N) is 1. The number of halogens is 1. The van der Waals surface area contributed by atoms with Gasteiger partial charge in [0.2, 0.25) is 0 Å². The fourth-order valence-corrected chi connectivity index (χ4v) is 2.42. The Kier molecular flexibility index (Phi) is 5.29. The SMILES string of the molecule is CN(CCCN1CCNCC1)c1ccc(Cl)cc1. The van der Waals surface area contributed by atoms with Gasteiger partial charge in [0.1, 0.15) is 0 Å². The second-order valence-electron chi connectivity index (χ2n) is 4.84. The summed E-state index contributed by atoms with van der Waals surface area (Å²) in [5, 5.41) is 4.18. The Labute approximate surface area is 115 Å². The molecule has 0 saturated carbocycles. The summed E-state index contributed by atoms with van der Waals surface area (Å²) in [6, 6.07) is 8.05. The smallest absolute Gasteiger partial charge is 0.0407 e. The van der Waals surface area contributed by atoms with Crippen LogP contribution in [0.5, 0.6) is 0 Å². The summed E-state index contributed by atoms with van der Waals surface area (Å²) in [7, 11) is 2.14. The van der Waals surface area contributed by atoms with Crippen LogP contribution in [0.2, 0.25) is 5.02 Å². The zero-order valence-corrected chi connectivity index (χ0v) is 11.8. The van der Waals surface area contributed by atoms with Crippen molar-refractivity contribution in [2.45, 2.75) is 6.42 Å². The van der Waals surface area contributed by atoms with Crippen LogP contribution in [0.4, 0.5) is 5.69 Å². The molecule has 4 heteroatoms. The predicted octanol–water partition coefficient (Wildman–Crippen LogP) is 2.07. The molecule has 0 bridgehead atoms. The molecule has 0 unspecified atom stereocenters. The van der Waals surface area contributed by atoms with E-state index in [9.17, 15) is 0 Å². The minimum atomic E-state index is 0.799. The first-order valence-corrected chi connectivity index (χ1v) is 7.03. The van der Waals surface area contributed by atoms with Gasteiger partial charge in [-0.15, -0.1) is 0 Å². The molecule has 0 radical (unpaired) electrons. The van der Waals surface area contributed by atoms with E-state index in [1.807, 2.05) is 12.1 Å². The van der Waals surface area contributed by atoms with E-state index in [4.69, 9.17) is 11.6 Å². The van der Waals surface area contributed by atoms with Crippen molar-refractivity contribution in [1.29, 1.82) is 0 Å². The zero-order chi connectivity index (χ0) is 12.8. The first kappa shape index (κ1) is 13.7. The van der Waals surface area contributed by atoms with Crippen molar-refractivity contribution in [3.05, 3.63) is 29.3 Å². The van der Waals surface area contributed by atoms with E-state index in [0.717, 1.165) is 24.7 Å². The minimum absolute atomic E-state index is 0.799. The van der Waals surface area contributed by atoms with Gasteiger partial charge in [-0.3, -0.25) is 0 Å². The van der Waals surface area contributed by atoms with Gasteiger partial charge in [0.05, 0.1) is 0 Å². The van der Waals surface area contributed by atoms with Crippen molar-refractivity contribution in [1.82, 2.24) is 10.2 Å². The lowest BCUT2D eigenvalue weighted by atomic mass is 10.2. The van der Waals surface area contributed by atoms with Gasteiger partial charge in [-0.05, 0) is 37.2 Å². The van der Waals surface area contributed by atoms with E-state index in [0.29, 0.717) is 0 Å². The van der Waals surface area contributed by atoms with E-state index in [-0.39, 0.29) is 0 Å². The number of anilines is 1. The van der Waals surface area contributed by atoms with Crippen LogP contribution < -0.4 is 10.2 Å². The Morgan fingerprint density at radius 2 is 1.89 bits per heavy atom. The topological polar surface area (TPSA) is 18.5 Å². The molecule has 1 aliphatic rings.